The van der Waals surface area contributed by atoms with Gasteiger partial charge in [0.2, 0.25) is 0 Å². The Bertz CT molecular complexity index is 600. The van der Waals surface area contributed by atoms with Crippen LogP contribution in [0.4, 0.5) is 0 Å². The molecular formula is C18H22BrNO2. The van der Waals surface area contributed by atoms with E-state index in [9.17, 15) is 0 Å². The van der Waals surface area contributed by atoms with Crippen LogP contribution in [0.25, 0.3) is 0 Å². The van der Waals surface area contributed by atoms with Crippen molar-refractivity contribution < 1.29 is 9.47 Å². The number of halogens is 1. The average molecular weight is 364 g/mol. The average Bonchev–Trinajstić information content (AvgIpc) is 2.52. The van der Waals surface area contributed by atoms with Crippen LogP contribution < -0.4 is 14.8 Å². The highest BCUT2D eigenvalue weighted by atomic mass is 79.9. The van der Waals surface area contributed by atoms with Crippen molar-refractivity contribution in [2.45, 2.75) is 33.0 Å². The molecule has 2 aromatic carbocycles. The van der Waals surface area contributed by atoms with E-state index >= 15 is 0 Å². The minimum atomic E-state index is 0.409. The Hall–Kier alpha value is -1.52. The van der Waals surface area contributed by atoms with Gasteiger partial charge in [-0.3, -0.25) is 0 Å². The van der Waals surface area contributed by atoms with Gasteiger partial charge >= 0.3 is 0 Å². The van der Waals surface area contributed by atoms with Gasteiger partial charge in [-0.1, -0.05) is 60.1 Å². The van der Waals surface area contributed by atoms with Crippen LogP contribution in [0, 0.1) is 0 Å². The first-order valence-corrected chi connectivity index (χ1v) is 8.16. The highest BCUT2D eigenvalue weighted by molar-refractivity contribution is 9.10. The second-order valence-corrected chi connectivity index (χ2v) is 6.32. The SMILES string of the molecule is COc1cc(Br)cc(CNC(C)C)c1OCc1ccccc1. The summed E-state index contributed by atoms with van der Waals surface area (Å²) in [5, 5.41) is 3.42. The summed E-state index contributed by atoms with van der Waals surface area (Å²) < 4.78 is 12.5. The van der Waals surface area contributed by atoms with E-state index in [2.05, 4.69) is 53.3 Å². The monoisotopic (exact) mass is 363 g/mol. The van der Waals surface area contributed by atoms with Gasteiger partial charge in [-0.25, -0.2) is 0 Å². The second kappa shape index (κ2) is 8.20. The van der Waals surface area contributed by atoms with Gasteiger partial charge in [0.15, 0.2) is 11.5 Å². The van der Waals surface area contributed by atoms with Gasteiger partial charge in [0.05, 0.1) is 7.11 Å². The topological polar surface area (TPSA) is 30.5 Å². The van der Waals surface area contributed by atoms with E-state index in [0.29, 0.717) is 12.6 Å². The smallest absolute Gasteiger partial charge is 0.166 e. The van der Waals surface area contributed by atoms with Crippen molar-refractivity contribution in [1.82, 2.24) is 5.32 Å². The molecule has 2 rings (SSSR count). The number of hydrogen-bond donors (Lipinski definition) is 1. The van der Waals surface area contributed by atoms with Gasteiger partial charge in [-0.15, -0.1) is 0 Å². The maximum absolute atomic E-state index is 6.05. The third-order valence-corrected chi connectivity index (χ3v) is 3.70. The molecule has 3 nitrogen and oxygen atoms in total. The predicted molar refractivity (Wildman–Crippen MR) is 93.4 cm³/mol. The molecule has 2 aromatic rings. The lowest BCUT2D eigenvalue weighted by atomic mass is 10.1. The lowest BCUT2D eigenvalue weighted by Crippen LogP contribution is -2.22. The van der Waals surface area contributed by atoms with Crippen molar-refractivity contribution in [2.24, 2.45) is 0 Å². The van der Waals surface area contributed by atoms with E-state index in [0.717, 1.165) is 33.6 Å². The quantitative estimate of drug-likeness (QED) is 0.783. The van der Waals surface area contributed by atoms with Crippen molar-refractivity contribution in [3.8, 4) is 11.5 Å². The fraction of sp³-hybridized carbons (Fsp3) is 0.333. The van der Waals surface area contributed by atoms with Crippen LogP contribution in [0.5, 0.6) is 11.5 Å². The Balaban J connectivity index is 2.22. The molecule has 0 unspecified atom stereocenters. The predicted octanol–water partition coefficient (Wildman–Crippen LogP) is 4.53. The third-order valence-electron chi connectivity index (χ3n) is 3.24. The summed E-state index contributed by atoms with van der Waals surface area (Å²) in [6, 6.07) is 14.5. The molecular weight excluding hydrogens is 342 g/mol. The molecule has 0 radical (unpaired) electrons. The van der Waals surface area contributed by atoms with E-state index in [1.54, 1.807) is 7.11 Å². The standard InChI is InChI=1S/C18H22BrNO2/c1-13(2)20-11-15-9-16(19)10-17(21-3)18(15)22-12-14-7-5-4-6-8-14/h4-10,13,20H,11-12H2,1-3H3. The summed E-state index contributed by atoms with van der Waals surface area (Å²) >= 11 is 3.53. The van der Waals surface area contributed by atoms with Gasteiger partial charge in [0.1, 0.15) is 6.61 Å². The third kappa shape index (κ3) is 4.75. The minimum Gasteiger partial charge on any atom is -0.493 e. The highest BCUT2D eigenvalue weighted by Crippen LogP contribution is 2.35. The molecule has 0 aliphatic rings. The summed E-state index contributed by atoms with van der Waals surface area (Å²) in [7, 11) is 1.66. The molecule has 0 aliphatic heterocycles. The van der Waals surface area contributed by atoms with E-state index in [1.807, 2.05) is 24.3 Å². The molecule has 1 N–H and O–H groups in total. The molecule has 0 aliphatic carbocycles. The molecule has 0 amide bonds. The number of rotatable bonds is 7. The number of hydrogen-bond acceptors (Lipinski definition) is 3. The second-order valence-electron chi connectivity index (χ2n) is 5.41. The molecule has 0 heterocycles. The molecule has 118 valence electrons. The van der Waals surface area contributed by atoms with Gasteiger partial charge < -0.3 is 14.8 Å². The van der Waals surface area contributed by atoms with E-state index in [-0.39, 0.29) is 0 Å². The highest BCUT2D eigenvalue weighted by Gasteiger charge is 2.13. The molecule has 4 heteroatoms. The minimum absolute atomic E-state index is 0.409. The first kappa shape index (κ1) is 16.8. The molecule has 0 aromatic heterocycles. The Morgan fingerprint density at radius 1 is 1.14 bits per heavy atom. The lowest BCUT2D eigenvalue weighted by Gasteiger charge is -2.17. The molecule has 0 fully saturated rings. The largest absolute Gasteiger partial charge is 0.493 e. The Morgan fingerprint density at radius 3 is 2.50 bits per heavy atom. The van der Waals surface area contributed by atoms with Crippen molar-refractivity contribution >= 4 is 15.9 Å². The summed E-state index contributed by atoms with van der Waals surface area (Å²) in [5.41, 5.74) is 2.21. The fourth-order valence-corrected chi connectivity index (χ4v) is 2.60. The zero-order chi connectivity index (χ0) is 15.9. The first-order valence-electron chi connectivity index (χ1n) is 7.36. The van der Waals surface area contributed by atoms with Crippen molar-refractivity contribution in [3.63, 3.8) is 0 Å². The van der Waals surface area contributed by atoms with Crippen LogP contribution in [0.2, 0.25) is 0 Å². The van der Waals surface area contributed by atoms with Crippen LogP contribution in [0.3, 0.4) is 0 Å². The van der Waals surface area contributed by atoms with Crippen LogP contribution >= 0.6 is 15.9 Å². The molecule has 0 atom stereocenters. The summed E-state index contributed by atoms with van der Waals surface area (Å²) in [6.45, 7) is 5.50. The van der Waals surface area contributed by atoms with Gasteiger partial charge in [-0.2, -0.15) is 0 Å². The Labute approximate surface area is 140 Å². The maximum Gasteiger partial charge on any atom is 0.166 e. The first-order chi connectivity index (χ1) is 10.6. The molecule has 0 spiro atoms. The van der Waals surface area contributed by atoms with Crippen LogP contribution in [0.1, 0.15) is 25.0 Å². The van der Waals surface area contributed by atoms with Crippen LogP contribution in [-0.2, 0) is 13.2 Å². The number of nitrogens with one attached hydrogen (secondary N) is 1. The zero-order valence-corrected chi connectivity index (χ0v) is 14.8. The van der Waals surface area contributed by atoms with Crippen molar-refractivity contribution in [3.05, 3.63) is 58.1 Å². The molecule has 0 saturated carbocycles. The zero-order valence-electron chi connectivity index (χ0n) is 13.2. The summed E-state index contributed by atoms with van der Waals surface area (Å²) in [4.78, 5) is 0. The fourth-order valence-electron chi connectivity index (χ4n) is 2.11. The van der Waals surface area contributed by atoms with E-state index in [4.69, 9.17) is 9.47 Å². The van der Waals surface area contributed by atoms with Gasteiger partial charge in [-0.05, 0) is 17.7 Å². The van der Waals surface area contributed by atoms with Crippen LogP contribution in [0.15, 0.2) is 46.9 Å². The lowest BCUT2D eigenvalue weighted by molar-refractivity contribution is 0.280. The summed E-state index contributed by atoms with van der Waals surface area (Å²) in [5.74, 6) is 1.54. The maximum atomic E-state index is 6.05. The van der Waals surface area contributed by atoms with Crippen molar-refractivity contribution in [1.29, 1.82) is 0 Å². The van der Waals surface area contributed by atoms with Crippen molar-refractivity contribution in [2.75, 3.05) is 7.11 Å². The van der Waals surface area contributed by atoms with Gasteiger partial charge in [0, 0.05) is 22.6 Å². The molecule has 22 heavy (non-hydrogen) atoms. The number of benzene rings is 2. The molecule has 0 saturated heterocycles. The van der Waals surface area contributed by atoms with E-state index in [1.165, 1.54) is 0 Å². The normalized spacial score (nSPS) is 10.8. The molecule has 0 bridgehead atoms. The Kier molecular flexibility index (Phi) is 6.28. The number of ether oxygens (including phenoxy) is 2. The number of methoxy groups -OCH3 is 1. The van der Waals surface area contributed by atoms with E-state index < -0.39 is 0 Å². The van der Waals surface area contributed by atoms with Crippen LogP contribution in [-0.4, -0.2) is 13.2 Å². The van der Waals surface area contributed by atoms with Gasteiger partial charge in [0.25, 0.3) is 0 Å². The Morgan fingerprint density at radius 2 is 1.86 bits per heavy atom. The summed E-state index contributed by atoms with van der Waals surface area (Å²) in [6.07, 6.45) is 0.